The van der Waals surface area contributed by atoms with Crippen molar-refractivity contribution in [2.24, 2.45) is 0 Å². The van der Waals surface area contributed by atoms with Crippen molar-refractivity contribution in [2.45, 2.75) is 13.5 Å². The van der Waals surface area contributed by atoms with Gasteiger partial charge in [0.15, 0.2) is 5.82 Å². The van der Waals surface area contributed by atoms with Gasteiger partial charge in [-0.1, -0.05) is 31.2 Å². The molecule has 0 bridgehead atoms. The lowest BCUT2D eigenvalue weighted by atomic mass is 10.1. The van der Waals surface area contributed by atoms with Gasteiger partial charge in [-0.15, -0.1) is 0 Å². The number of aromatic nitrogens is 2. The molecule has 0 aliphatic carbocycles. The van der Waals surface area contributed by atoms with Crippen LogP contribution in [-0.4, -0.2) is 66.7 Å². The summed E-state index contributed by atoms with van der Waals surface area (Å²) in [5, 5.41) is 0.875. The Morgan fingerprint density at radius 2 is 1.66 bits per heavy atom. The van der Waals surface area contributed by atoms with E-state index in [0.717, 1.165) is 61.5 Å². The van der Waals surface area contributed by atoms with E-state index < -0.39 is 0 Å². The molecule has 0 amide bonds. The molecular weight excluding hydrogens is 364 g/mol. The van der Waals surface area contributed by atoms with Gasteiger partial charge in [0.25, 0.3) is 0 Å². The van der Waals surface area contributed by atoms with E-state index in [1.807, 2.05) is 18.3 Å². The summed E-state index contributed by atoms with van der Waals surface area (Å²) in [7, 11) is 3.28. The maximum absolute atomic E-state index is 5.45. The molecule has 1 aliphatic heterocycles. The van der Waals surface area contributed by atoms with Gasteiger partial charge >= 0.3 is 0 Å². The van der Waals surface area contributed by atoms with Crippen molar-refractivity contribution in [1.29, 1.82) is 0 Å². The van der Waals surface area contributed by atoms with Gasteiger partial charge in [0.1, 0.15) is 11.5 Å². The Hall–Kier alpha value is -2.70. The number of methoxy groups -OCH3 is 2. The zero-order valence-corrected chi connectivity index (χ0v) is 17.4. The number of fused-ring (bicyclic) bond motifs is 1. The first-order valence-electron chi connectivity index (χ1n) is 10.1. The smallest absolute Gasteiger partial charge is 0.159 e. The molecule has 6 nitrogen and oxygen atoms in total. The SMILES string of the molecule is CCN1CCN(Cc2ccc(-c3ncc4c(OC)cc(OC)cc4n3)cc2)CC1. The lowest BCUT2D eigenvalue weighted by Crippen LogP contribution is -2.45. The Bertz CT molecular complexity index is 967. The third kappa shape index (κ3) is 4.33. The molecule has 2 aromatic carbocycles. The molecule has 2 heterocycles. The highest BCUT2D eigenvalue weighted by atomic mass is 16.5. The van der Waals surface area contributed by atoms with Gasteiger partial charge in [-0.25, -0.2) is 9.97 Å². The maximum atomic E-state index is 5.45. The lowest BCUT2D eigenvalue weighted by molar-refractivity contribution is 0.132. The Labute approximate surface area is 172 Å². The standard InChI is InChI=1S/C23H28N4O2/c1-4-26-9-11-27(12-10-26)16-17-5-7-18(8-6-17)23-24-15-20-21(25-23)13-19(28-2)14-22(20)29-3/h5-8,13-15H,4,9-12,16H2,1-3H3. The Morgan fingerprint density at radius 1 is 0.931 bits per heavy atom. The highest BCUT2D eigenvalue weighted by Crippen LogP contribution is 2.30. The number of piperazine rings is 1. The van der Waals surface area contributed by atoms with Crippen LogP contribution in [0.2, 0.25) is 0 Å². The fourth-order valence-electron chi connectivity index (χ4n) is 3.79. The zero-order chi connectivity index (χ0) is 20.2. The molecule has 0 spiro atoms. The van der Waals surface area contributed by atoms with E-state index in [-0.39, 0.29) is 0 Å². The number of nitrogens with zero attached hydrogens (tertiary/aromatic N) is 4. The van der Waals surface area contributed by atoms with Gasteiger partial charge in [0.05, 0.1) is 25.1 Å². The first-order chi connectivity index (χ1) is 14.2. The second kappa shape index (κ2) is 8.76. The number of likely N-dealkylation sites (N-methyl/N-ethyl adjacent to an activating group) is 1. The van der Waals surface area contributed by atoms with Crippen LogP contribution in [0.15, 0.2) is 42.6 Å². The second-order valence-corrected chi connectivity index (χ2v) is 7.36. The second-order valence-electron chi connectivity index (χ2n) is 7.36. The van der Waals surface area contributed by atoms with Crippen LogP contribution in [0, 0.1) is 0 Å². The van der Waals surface area contributed by atoms with Crippen molar-refractivity contribution in [3.8, 4) is 22.9 Å². The first kappa shape index (κ1) is 19.6. The number of hydrogen-bond acceptors (Lipinski definition) is 6. The Kier molecular flexibility index (Phi) is 5.92. The van der Waals surface area contributed by atoms with Crippen LogP contribution in [0.3, 0.4) is 0 Å². The minimum Gasteiger partial charge on any atom is -0.497 e. The summed E-state index contributed by atoms with van der Waals surface area (Å²) in [6.45, 7) is 8.95. The summed E-state index contributed by atoms with van der Waals surface area (Å²) >= 11 is 0. The molecule has 0 unspecified atom stereocenters. The number of ether oxygens (including phenoxy) is 2. The Morgan fingerprint density at radius 3 is 2.31 bits per heavy atom. The molecule has 29 heavy (non-hydrogen) atoms. The van der Waals surface area contributed by atoms with Crippen molar-refractivity contribution in [3.63, 3.8) is 0 Å². The van der Waals surface area contributed by atoms with Crippen LogP contribution >= 0.6 is 0 Å². The van der Waals surface area contributed by atoms with E-state index in [9.17, 15) is 0 Å². The van der Waals surface area contributed by atoms with Gasteiger partial charge in [-0.3, -0.25) is 4.90 Å². The van der Waals surface area contributed by atoms with Gasteiger partial charge in [0.2, 0.25) is 0 Å². The third-order valence-electron chi connectivity index (χ3n) is 5.62. The van der Waals surface area contributed by atoms with Gasteiger partial charge < -0.3 is 14.4 Å². The summed E-state index contributed by atoms with van der Waals surface area (Å²) in [5.74, 6) is 2.14. The average molecular weight is 393 g/mol. The molecule has 3 aromatic rings. The molecule has 1 aliphatic rings. The fraction of sp³-hybridized carbons (Fsp3) is 0.391. The largest absolute Gasteiger partial charge is 0.497 e. The van der Waals surface area contributed by atoms with Crippen molar-refractivity contribution in [1.82, 2.24) is 19.8 Å². The predicted octanol–water partition coefficient (Wildman–Crippen LogP) is 3.45. The average Bonchev–Trinajstić information content (AvgIpc) is 2.79. The molecule has 4 rings (SSSR count). The van der Waals surface area contributed by atoms with Crippen molar-refractivity contribution in [3.05, 3.63) is 48.2 Å². The minimum absolute atomic E-state index is 0.705. The third-order valence-corrected chi connectivity index (χ3v) is 5.62. The highest BCUT2D eigenvalue weighted by molar-refractivity contribution is 5.87. The summed E-state index contributed by atoms with van der Waals surface area (Å²) in [4.78, 5) is 14.3. The van der Waals surface area contributed by atoms with E-state index in [4.69, 9.17) is 14.5 Å². The van der Waals surface area contributed by atoms with Crippen LogP contribution in [0.1, 0.15) is 12.5 Å². The van der Waals surface area contributed by atoms with E-state index in [0.29, 0.717) is 11.6 Å². The highest BCUT2D eigenvalue weighted by Gasteiger charge is 2.15. The summed E-state index contributed by atoms with van der Waals surface area (Å²) in [6, 6.07) is 12.3. The molecule has 152 valence electrons. The first-order valence-corrected chi connectivity index (χ1v) is 10.1. The van der Waals surface area contributed by atoms with Crippen molar-refractivity contribution in [2.75, 3.05) is 46.9 Å². The van der Waals surface area contributed by atoms with Crippen LogP contribution in [0.4, 0.5) is 0 Å². The molecule has 0 radical (unpaired) electrons. The normalized spacial score (nSPS) is 15.6. The molecule has 0 N–H and O–H groups in total. The molecule has 6 heteroatoms. The van der Waals surface area contributed by atoms with Crippen LogP contribution < -0.4 is 9.47 Å². The molecule has 0 saturated carbocycles. The fourth-order valence-corrected chi connectivity index (χ4v) is 3.79. The Balaban J connectivity index is 1.52. The zero-order valence-electron chi connectivity index (χ0n) is 17.4. The van der Waals surface area contributed by atoms with Gasteiger partial charge in [-0.2, -0.15) is 0 Å². The van der Waals surface area contributed by atoms with E-state index >= 15 is 0 Å². The van der Waals surface area contributed by atoms with Gasteiger partial charge in [-0.05, 0) is 12.1 Å². The van der Waals surface area contributed by atoms with E-state index in [1.54, 1.807) is 14.2 Å². The monoisotopic (exact) mass is 392 g/mol. The maximum Gasteiger partial charge on any atom is 0.159 e. The molecular formula is C23H28N4O2. The topological polar surface area (TPSA) is 50.7 Å². The van der Waals surface area contributed by atoms with Crippen LogP contribution in [0.25, 0.3) is 22.3 Å². The van der Waals surface area contributed by atoms with Crippen LogP contribution in [0.5, 0.6) is 11.5 Å². The molecule has 1 fully saturated rings. The summed E-state index contributed by atoms with van der Waals surface area (Å²) in [5.41, 5.74) is 3.14. The molecule has 1 saturated heterocycles. The molecule has 1 aromatic heterocycles. The molecule has 0 atom stereocenters. The van der Waals surface area contributed by atoms with E-state index in [2.05, 4.69) is 46.0 Å². The number of rotatable bonds is 6. The minimum atomic E-state index is 0.705. The lowest BCUT2D eigenvalue weighted by Gasteiger charge is -2.34. The van der Waals surface area contributed by atoms with Gasteiger partial charge in [0, 0.05) is 56.6 Å². The van der Waals surface area contributed by atoms with Crippen molar-refractivity contribution >= 4 is 10.9 Å². The number of hydrogen-bond donors (Lipinski definition) is 0. The number of benzene rings is 2. The van der Waals surface area contributed by atoms with E-state index in [1.165, 1.54) is 5.56 Å². The van der Waals surface area contributed by atoms with Crippen molar-refractivity contribution < 1.29 is 9.47 Å². The summed E-state index contributed by atoms with van der Waals surface area (Å²) in [6.07, 6.45) is 1.82. The predicted molar refractivity (Wildman–Crippen MR) is 115 cm³/mol. The van der Waals surface area contributed by atoms with Crippen LogP contribution in [-0.2, 0) is 6.54 Å². The summed E-state index contributed by atoms with van der Waals surface area (Å²) < 4.78 is 10.8. The quantitative estimate of drug-likeness (QED) is 0.640.